The predicted molar refractivity (Wildman–Crippen MR) is 129 cm³/mol. The Balaban J connectivity index is 1.26. The third kappa shape index (κ3) is 4.02. The van der Waals surface area contributed by atoms with Gasteiger partial charge in [-0.15, -0.1) is 11.3 Å². The summed E-state index contributed by atoms with van der Waals surface area (Å²) in [4.78, 5) is 29.1. The average molecular weight is 441 g/mol. The smallest absolute Gasteiger partial charge is 0.226 e. The summed E-state index contributed by atoms with van der Waals surface area (Å²) in [5.74, 6) is -0.113. The van der Waals surface area contributed by atoms with Crippen LogP contribution < -0.4 is 10.7 Å². The fourth-order valence-electron chi connectivity index (χ4n) is 3.62. The molecule has 0 fully saturated rings. The molecule has 0 aliphatic carbocycles. The molecule has 5 aromatic rings. The molecule has 0 bridgehead atoms. The Kier molecular flexibility index (Phi) is 5.25. The first-order valence-electron chi connectivity index (χ1n) is 10.3. The number of para-hydroxylation sites is 1. The standard InChI is InChI=1S/C25H20N4O2S/c1-16-6-11-20-23(14-16)32-25(28-20)17-7-9-18(10-8-17)27-24(31)12-13-29-21-5-3-2-4-19(21)22(30)15-26-29/h2-11,14-15H,12-13H2,1H3,(H,27,31). The summed E-state index contributed by atoms with van der Waals surface area (Å²) in [5.41, 5.74) is 4.57. The fourth-order valence-corrected chi connectivity index (χ4v) is 4.69. The van der Waals surface area contributed by atoms with Gasteiger partial charge in [-0.3, -0.25) is 14.3 Å². The lowest BCUT2D eigenvalue weighted by Crippen LogP contribution is -2.18. The number of hydrogen-bond donors (Lipinski definition) is 1. The first-order valence-corrected chi connectivity index (χ1v) is 11.1. The summed E-state index contributed by atoms with van der Waals surface area (Å²) in [6.07, 6.45) is 1.54. The lowest BCUT2D eigenvalue weighted by Gasteiger charge is -2.10. The number of rotatable bonds is 5. The molecule has 0 unspecified atom stereocenters. The molecule has 1 N–H and O–H groups in total. The van der Waals surface area contributed by atoms with E-state index in [0.29, 0.717) is 11.9 Å². The summed E-state index contributed by atoms with van der Waals surface area (Å²) in [7, 11) is 0. The minimum Gasteiger partial charge on any atom is -0.326 e. The van der Waals surface area contributed by atoms with Crippen LogP contribution in [0.25, 0.3) is 31.7 Å². The van der Waals surface area contributed by atoms with Crippen LogP contribution in [-0.4, -0.2) is 20.7 Å². The van der Waals surface area contributed by atoms with Crippen LogP contribution in [0.2, 0.25) is 0 Å². The number of nitrogens with zero attached hydrogens (tertiary/aromatic N) is 3. The highest BCUT2D eigenvalue weighted by Gasteiger charge is 2.09. The maximum atomic E-state index is 12.5. The first-order chi connectivity index (χ1) is 15.6. The Hall–Kier alpha value is -3.84. The molecular formula is C25H20N4O2S. The van der Waals surface area contributed by atoms with Crippen LogP contribution >= 0.6 is 11.3 Å². The van der Waals surface area contributed by atoms with E-state index in [4.69, 9.17) is 4.98 Å². The molecule has 3 aromatic carbocycles. The van der Waals surface area contributed by atoms with E-state index in [9.17, 15) is 9.59 Å². The molecule has 0 aliphatic heterocycles. The molecule has 1 amide bonds. The van der Waals surface area contributed by atoms with Crippen LogP contribution in [-0.2, 0) is 11.3 Å². The molecular weight excluding hydrogens is 420 g/mol. The highest BCUT2D eigenvalue weighted by Crippen LogP contribution is 2.31. The van der Waals surface area contributed by atoms with E-state index in [2.05, 4.69) is 29.5 Å². The van der Waals surface area contributed by atoms with E-state index in [1.165, 1.54) is 16.5 Å². The molecule has 0 spiro atoms. The number of aryl methyl sites for hydroxylation is 2. The zero-order valence-corrected chi connectivity index (χ0v) is 18.2. The van der Waals surface area contributed by atoms with Crippen molar-refractivity contribution in [1.82, 2.24) is 14.8 Å². The van der Waals surface area contributed by atoms with Crippen LogP contribution in [0.3, 0.4) is 0 Å². The van der Waals surface area contributed by atoms with Crippen LogP contribution in [0.4, 0.5) is 5.69 Å². The van der Waals surface area contributed by atoms with Crippen molar-refractivity contribution in [1.29, 1.82) is 0 Å². The summed E-state index contributed by atoms with van der Waals surface area (Å²) in [6, 6.07) is 21.2. The highest BCUT2D eigenvalue weighted by molar-refractivity contribution is 7.21. The van der Waals surface area contributed by atoms with Gasteiger partial charge in [0.25, 0.3) is 0 Å². The molecule has 0 saturated carbocycles. The van der Waals surface area contributed by atoms with E-state index in [-0.39, 0.29) is 17.8 Å². The zero-order chi connectivity index (χ0) is 22.1. The second-order valence-electron chi connectivity index (χ2n) is 7.61. The third-order valence-electron chi connectivity index (χ3n) is 5.27. The zero-order valence-electron chi connectivity index (χ0n) is 17.4. The Morgan fingerprint density at radius 2 is 1.88 bits per heavy atom. The molecule has 0 radical (unpaired) electrons. The molecule has 6 nitrogen and oxygen atoms in total. The van der Waals surface area contributed by atoms with E-state index in [1.54, 1.807) is 22.1 Å². The lowest BCUT2D eigenvalue weighted by atomic mass is 10.2. The second kappa shape index (κ2) is 8.36. The average Bonchev–Trinajstić information content (AvgIpc) is 3.22. The number of benzene rings is 3. The van der Waals surface area contributed by atoms with Crippen molar-refractivity contribution in [2.24, 2.45) is 0 Å². The van der Waals surface area contributed by atoms with Crippen LogP contribution in [0.5, 0.6) is 0 Å². The second-order valence-corrected chi connectivity index (χ2v) is 8.65. The van der Waals surface area contributed by atoms with Gasteiger partial charge >= 0.3 is 0 Å². The summed E-state index contributed by atoms with van der Waals surface area (Å²) < 4.78 is 2.86. The third-order valence-corrected chi connectivity index (χ3v) is 6.34. The molecule has 0 atom stereocenters. The maximum absolute atomic E-state index is 12.5. The Labute approximate surface area is 188 Å². The highest BCUT2D eigenvalue weighted by atomic mass is 32.1. The number of amides is 1. The lowest BCUT2D eigenvalue weighted by molar-refractivity contribution is -0.116. The number of fused-ring (bicyclic) bond motifs is 2. The van der Waals surface area contributed by atoms with E-state index >= 15 is 0 Å². The van der Waals surface area contributed by atoms with E-state index < -0.39 is 0 Å². The van der Waals surface area contributed by atoms with Gasteiger partial charge in [0.1, 0.15) is 5.01 Å². The number of nitrogens with one attached hydrogen (secondary N) is 1. The number of hydrogen-bond acceptors (Lipinski definition) is 5. The van der Waals surface area contributed by atoms with Gasteiger partial charge in [-0.05, 0) is 61.0 Å². The fraction of sp³-hybridized carbons (Fsp3) is 0.120. The van der Waals surface area contributed by atoms with Gasteiger partial charge in [0.05, 0.1) is 28.5 Å². The Morgan fingerprint density at radius 1 is 1.06 bits per heavy atom. The van der Waals surface area contributed by atoms with Crippen molar-refractivity contribution < 1.29 is 4.79 Å². The van der Waals surface area contributed by atoms with Gasteiger partial charge in [0.2, 0.25) is 11.3 Å². The molecule has 158 valence electrons. The molecule has 5 rings (SSSR count). The maximum Gasteiger partial charge on any atom is 0.226 e. The Bertz CT molecular complexity index is 1500. The van der Waals surface area contributed by atoms with Crippen molar-refractivity contribution in [2.45, 2.75) is 19.9 Å². The summed E-state index contributed by atoms with van der Waals surface area (Å²) >= 11 is 1.66. The quantitative estimate of drug-likeness (QED) is 0.417. The van der Waals surface area contributed by atoms with Crippen LogP contribution in [0, 0.1) is 6.92 Å². The number of thiazole rings is 1. The van der Waals surface area contributed by atoms with Crippen molar-refractivity contribution in [2.75, 3.05) is 5.32 Å². The van der Waals surface area contributed by atoms with Crippen molar-refractivity contribution in [3.05, 3.63) is 88.7 Å². The van der Waals surface area contributed by atoms with Gasteiger partial charge < -0.3 is 5.32 Å². The van der Waals surface area contributed by atoms with Gasteiger partial charge in [0.15, 0.2) is 0 Å². The molecule has 2 aromatic heterocycles. The molecule has 0 saturated heterocycles. The topological polar surface area (TPSA) is 76.9 Å². The molecule has 7 heteroatoms. The first kappa shape index (κ1) is 20.1. The van der Waals surface area contributed by atoms with Crippen LogP contribution in [0.1, 0.15) is 12.0 Å². The monoisotopic (exact) mass is 440 g/mol. The summed E-state index contributed by atoms with van der Waals surface area (Å²) in [6.45, 7) is 2.46. The minimum absolute atomic E-state index is 0.113. The molecule has 32 heavy (non-hydrogen) atoms. The van der Waals surface area contributed by atoms with Gasteiger partial charge in [-0.25, -0.2) is 4.98 Å². The van der Waals surface area contributed by atoms with Crippen molar-refractivity contribution in [3.8, 4) is 10.6 Å². The predicted octanol–water partition coefficient (Wildman–Crippen LogP) is 5.01. The number of aromatic nitrogens is 3. The summed E-state index contributed by atoms with van der Waals surface area (Å²) in [5, 5.41) is 8.66. The Morgan fingerprint density at radius 3 is 2.72 bits per heavy atom. The normalized spacial score (nSPS) is 11.2. The van der Waals surface area contributed by atoms with E-state index in [1.807, 2.05) is 48.5 Å². The number of carbonyl (C=O) groups excluding carboxylic acids is 1. The number of carbonyl (C=O) groups is 1. The van der Waals surface area contributed by atoms with E-state index in [0.717, 1.165) is 27.3 Å². The van der Waals surface area contributed by atoms with Crippen molar-refractivity contribution >= 4 is 44.1 Å². The largest absolute Gasteiger partial charge is 0.326 e. The van der Waals surface area contributed by atoms with Gasteiger partial charge in [-0.2, -0.15) is 5.10 Å². The molecule has 0 aliphatic rings. The SMILES string of the molecule is Cc1ccc2nc(-c3ccc(NC(=O)CCn4ncc(=O)c5ccccc54)cc3)sc2c1. The molecule has 2 heterocycles. The minimum atomic E-state index is -0.121. The van der Waals surface area contributed by atoms with Gasteiger partial charge in [0, 0.05) is 23.1 Å². The number of anilines is 1. The van der Waals surface area contributed by atoms with Gasteiger partial charge in [-0.1, -0.05) is 18.2 Å². The van der Waals surface area contributed by atoms with Crippen LogP contribution in [0.15, 0.2) is 77.7 Å². The van der Waals surface area contributed by atoms with Crippen molar-refractivity contribution in [3.63, 3.8) is 0 Å².